The Morgan fingerprint density at radius 1 is 1.19 bits per heavy atom. The van der Waals surface area contributed by atoms with E-state index in [1.807, 2.05) is 20.8 Å². The Morgan fingerprint density at radius 3 is 2.58 bits per heavy atom. The second-order valence-corrected chi connectivity index (χ2v) is 13.0. The predicted octanol–water partition coefficient (Wildman–Crippen LogP) is 5.92. The molecule has 2 aromatic carbocycles. The maximum absolute atomic E-state index is 15.8. The summed E-state index contributed by atoms with van der Waals surface area (Å²) >= 11 is 6.51. The van der Waals surface area contributed by atoms with Crippen LogP contribution in [0.15, 0.2) is 60.1 Å². The highest BCUT2D eigenvalue weighted by Gasteiger charge is 2.33. The Labute approximate surface area is 280 Å². The number of halogens is 4. The second-order valence-electron chi connectivity index (χ2n) is 12.6. The third kappa shape index (κ3) is 8.51. The Balaban J connectivity index is 1.56. The Hall–Kier alpha value is -4.92. The molecule has 0 radical (unpaired) electrons. The Kier molecular flexibility index (Phi) is 10.4. The number of alkyl halides is 2. The van der Waals surface area contributed by atoms with Gasteiger partial charge in [0.25, 0.3) is 5.91 Å². The average molecular weight is 685 g/mol. The van der Waals surface area contributed by atoms with E-state index < -0.39 is 30.3 Å². The van der Waals surface area contributed by atoms with E-state index in [4.69, 9.17) is 17.3 Å². The Morgan fingerprint density at radius 2 is 1.96 bits per heavy atom. The van der Waals surface area contributed by atoms with E-state index in [1.165, 1.54) is 24.7 Å². The van der Waals surface area contributed by atoms with Crippen LogP contribution in [0.5, 0.6) is 0 Å². The van der Waals surface area contributed by atoms with E-state index in [0.29, 0.717) is 33.1 Å². The van der Waals surface area contributed by atoms with Crippen LogP contribution in [0, 0.1) is 11.2 Å². The van der Waals surface area contributed by atoms with Gasteiger partial charge in [-0.15, -0.1) is 0 Å². The number of aromatic nitrogens is 5. The monoisotopic (exact) mass is 684 g/mol. The predicted molar refractivity (Wildman–Crippen MR) is 175 cm³/mol. The van der Waals surface area contributed by atoms with Crippen LogP contribution in [0.2, 0.25) is 5.02 Å². The molecule has 1 fully saturated rings. The number of rotatable bonds is 11. The minimum Gasteiger partial charge on any atom is -0.369 e. The highest BCUT2D eigenvalue weighted by molar-refractivity contribution is 6.33. The summed E-state index contributed by atoms with van der Waals surface area (Å²) in [7, 11) is 0. The van der Waals surface area contributed by atoms with Crippen LogP contribution in [0.25, 0.3) is 22.5 Å². The molecule has 0 unspecified atom stereocenters. The SMILES string of the molecule is CC(C)(C)CCN=C(N)N(C(=O)c1ccc(-c2cnn(C(F)F)c2)cc1F)[C@H](CNC(=O)NC1CC1)c1ccc(Cl)c(-c2ncn[nH]2)c1. The van der Waals surface area contributed by atoms with Gasteiger partial charge in [0.15, 0.2) is 11.8 Å². The van der Waals surface area contributed by atoms with Gasteiger partial charge >= 0.3 is 12.6 Å². The number of nitrogens with one attached hydrogen (secondary N) is 3. The van der Waals surface area contributed by atoms with Gasteiger partial charge in [-0.25, -0.2) is 18.9 Å². The zero-order valence-corrected chi connectivity index (χ0v) is 27.3. The van der Waals surface area contributed by atoms with Crippen molar-refractivity contribution >= 4 is 29.5 Å². The highest BCUT2D eigenvalue weighted by Crippen LogP contribution is 2.32. The minimum absolute atomic E-state index is 0.0687. The van der Waals surface area contributed by atoms with Crippen LogP contribution in [-0.4, -0.2) is 66.9 Å². The molecule has 16 heteroatoms. The molecule has 2 aromatic heterocycles. The van der Waals surface area contributed by atoms with Crippen molar-refractivity contribution in [3.63, 3.8) is 0 Å². The molecule has 5 N–H and O–H groups in total. The van der Waals surface area contributed by atoms with E-state index in [0.717, 1.165) is 30.0 Å². The molecule has 4 aromatic rings. The third-order valence-corrected chi connectivity index (χ3v) is 7.99. The summed E-state index contributed by atoms with van der Waals surface area (Å²) in [5, 5.41) is 16.3. The number of nitrogens with two attached hydrogens (primary N) is 1. The van der Waals surface area contributed by atoms with E-state index in [9.17, 15) is 18.4 Å². The lowest BCUT2D eigenvalue weighted by Gasteiger charge is -2.32. The van der Waals surface area contributed by atoms with Crippen molar-refractivity contribution in [2.75, 3.05) is 13.1 Å². The number of carbonyl (C=O) groups excluding carboxylic acids is 2. The number of carbonyl (C=O) groups is 2. The zero-order valence-electron chi connectivity index (χ0n) is 26.6. The molecule has 1 saturated carbocycles. The maximum Gasteiger partial charge on any atom is 0.333 e. The molecule has 1 aliphatic rings. The molecule has 48 heavy (non-hydrogen) atoms. The van der Waals surface area contributed by atoms with Gasteiger partial charge in [-0.1, -0.05) is 44.5 Å². The fourth-order valence-corrected chi connectivity index (χ4v) is 5.06. The smallest absolute Gasteiger partial charge is 0.333 e. The van der Waals surface area contributed by atoms with Crippen molar-refractivity contribution in [2.45, 2.75) is 58.7 Å². The molecule has 254 valence electrons. The van der Waals surface area contributed by atoms with Crippen molar-refractivity contribution in [1.82, 2.24) is 40.5 Å². The topological polar surface area (TPSA) is 159 Å². The summed E-state index contributed by atoms with van der Waals surface area (Å²) in [4.78, 5) is 37.0. The number of H-pyrrole nitrogens is 1. The lowest BCUT2D eigenvalue weighted by molar-refractivity contribution is 0.0566. The van der Waals surface area contributed by atoms with Crippen LogP contribution in [0.4, 0.5) is 18.0 Å². The first kappa shape index (κ1) is 34.4. The number of nitrogens with zero attached hydrogens (tertiary/aromatic N) is 6. The van der Waals surface area contributed by atoms with Gasteiger partial charge in [0, 0.05) is 36.5 Å². The van der Waals surface area contributed by atoms with E-state index in [2.05, 4.69) is 35.9 Å². The lowest BCUT2D eigenvalue weighted by Crippen LogP contribution is -2.49. The summed E-state index contributed by atoms with van der Waals surface area (Å²) in [5.41, 5.74) is 7.52. The minimum atomic E-state index is -2.87. The molecule has 3 amide bonds. The number of amides is 3. The van der Waals surface area contributed by atoms with Crippen LogP contribution >= 0.6 is 11.6 Å². The quantitative estimate of drug-likeness (QED) is 0.113. The van der Waals surface area contributed by atoms with Gasteiger partial charge in [-0.3, -0.25) is 19.8 Å². The van der Waals surface area contributed by atoms with Gasteiger partial charge < -0.3 is 16.4 Å². The molecule has 12 nitrogen and oxygen atoms in total. The summed E-state index contributed by atoms with van der Waals surface area (Å²) in [6, 6.07) is 7.31. The molecular formula is C32H36ClF3N10O2. The fourth-order valence-electron chi connectivity index (χ4n) is 4.86. The molecule has 2 heterocycles. The fraction of sp³-hybridized carbons (Fsp3) is 0.375. The zero-order chi connectivity index (χ0) is 34.6. The third-order valence-electron chi connectivity index (χ3n) is 7.66. The Bertz CT molecular complexity index is 1780. The number of aliphatic imine (C=N–C) groups is 1. The molecule has 5 rings (SSSR count). The standard InChI is InChI=1S/C32H36ClF3N10O2/c1-32(2,3)10-11-38-30(37)46(28(47)22-8-4-18(13-25(22)34)20-14-42-45(16-20)29(35)36)26(15-39-31(48)43-21-6-7-21)19-5-9-24(33)23(12-19)27-40-17-41-44-27/h4-5,8-9,12-14,16-17,21,26,29H,6-7,10-11,15H2,1-3H3,(H2,37,38)(H2,39,43,48)(H,40,41,44)/t26-/m1/s1. The van der Waals surface area contributed by atoms with E-state index in [1.54, 1.807) is 18.2 Å². The first-order chi connectivity index (χ1) is 22.8. The highest BCUT2D eigenvalue weighted by atomic mass is 35.5. The van der Waals surface area contributed by atoms with Gasteiger partial charge in [-0.2, -0.15) is 19.0 Å². The lowest BCUT2D eigenvalue weighted by atomic mass is 9.92. The largest absolute Gasteiger partial charge is 0.369 e. The molecule has 0 saturated heterocycles. The molecule has 0 spiro atoms. The van der Waals surface area contributed by atoms with Crippen molar-refractivity contribution in [3.8, 4) is 22.5 Å². The molecule has 0 aliphatic heterocycles. The van der Waals surface area contributed by atoms with Crippen LogP contribution in [0.3, 0.4) is 0 Å². The number of guanidine groups is 1. The summed E-state index contributed by atoms with van der Waals surface area (Å²) < 4.78 is 42.4. The number of aromatic amines is 1. The van der Waals surface area contributed by atoms with E-state index >= 15 is 4.39 Å². The first-order valence-corrected chi connectivity index (χ1v) is 15.6. The van der Waals surface area contributed by atoms with Gasteiger partial charge in [0.05, 0.1) is 22.8 Å². The maximum atomic E-state index is 15.8. The van der Waals surface area contributed by atoms with Crippen LogP contribution in [0.1, 0.15) is 68.5 Å². The molecular weight excluding hydrogens is 649 g/mol. The van der Waals surface area contributed by atoms with Crippen LogP contribution in [-0.2, 0) is 0 Å². The number of hydrogen-bond acceptors (Lipinski definition) is 6. The van der Waals surface area contributed by atoms with E-state index in [-0.39, 0.29) is 47.2 Å². The summed E-state index contributed by atoms with van der Waals surface area (Å²) in [5.74, 6) is -1.60. The van der Waals surface area contributed by atoms with Crippen molar-refractivity contribution < 1.29 is 22.8 Å². The summed E-state index contributed by atoms with van der Waals surface area (Å²) in [6.07, 6.45) is 5.94. The number of urea groups is 1. The molecule has 1 aliphatic carbocycles. The van der Waals surface area contributed by atoms with Crippen molar-refractivity contribution in [3.05, 3.63) is 77.1 Å². The van der Waals surface area contributed by atoms with Crippen LogP contribution < -0.4 is 16.4 Å². The first-order valence-electron chi connectivity index (χ1n) is 15.3. The summed E-state index contributed by atoms with van der Waals surface area (Å²) in [6.45, 7) is 3.37. The number of benzene rings is 2. The van der Waals surface area contributed by atoms with Gasteiger partial charge in [0.2, 0.25) is 0 Å². The normalized spacial score (nSPS) is 14.2. The second kappa shape index (κ2) is 14.5. The van der Waals surface area contributed by atoms with Gasteiger partial charge in [0.1, 0.15) is 12.1 Å². The molecule has 1 atom stereocenters. The van der Waals surface area contributed by atoms with Gasteiger partial charge in [-0.05, 0) is 60.1 Å². The number of hydrogen-bond donors (Lipinski definition) is 4. The average Bonchev–Trinajstić information content (AvgIpc) is 3.45. The molecule has 0 bridgehead atoms. The van der Waals surface area contributed by atoms with Crippen molar-refractivity contribution in [2.24, 2.45) is 16.1 Å². The van der Waals surface area contributed by atoms with Crippen molar-refractivity contribution in [1.29, 1.82) is 0 Å².